The van der Waals surface area contributed by atoms with E-state index in [4.69, 9.17) is 9.84 Å². The first-order valence-corrected chi connectivity index (χ1v) is 9.50. The predicted octanol–water partition coefficient (Wildman–Crippen LogP) is 3.10. The molecule has 160 valence electrons. The van der Waals surface area contributed by atoms with E-state index < -0.39 is 47.8 Å². The van der Waals surface area contributed by atoms with Crippen LogP contribution in [0, 0.1) is 11.6 Å². The number of para-hydroxylation sites is 1. The van der Waals surface area contributed by atoms with E-state index >= 15 is 0 Å². The average molecular weight is 448 g/mol. The Balaban J connectivity index is 1.72. The summed E-state index contributed by atoms with van der Waals surface area (Å²) in [7, 11) is 0. The highest BCUT2D eigenvalue weighted by Gasteiger charge is 2.36. The lowest BCUT2D eigenvalue weighted by Gasteiger charge is -2.13. The predicted molar refractivity (Wildman–Crippen MR) is 107 cm³/mol. The van der Waals surface area contributed by atoms with Crippen LogP contribution in [0.1, 0.15) is 5.56 Å². The molecule has 3 rings (SSSR count). The van der Waals surface area contributed by atoms with Crippen LogP contribution in [0.5, 0.6) is 5.75 Å². The number of rotatable bonds is 7. The van der Waals surface area contributed by atoms with Crippen LogP contribution >= 0.6 is 11.8 Å². The SMILES string of the molecule is O=C(O)COc1ccccc1C=C1SC(=O)N(CC(=O)Nc2ccc(F)cc2F)C1=O. The van der Waals surface area contributed by atoms with Crippen LogP contribution in [-0.4, -0.2) is 46.2 Å². The molecular weight excluding hydrogens is 434 g/mol. The van der Waals surface area contributed by atoms with Crippen molar-refractivity contribution < 1.29 is 37.8 Å². The van der Waals surface area contributed by atoms with Gasteiger partial charge in [-0.25, -0.2) is 13.6 Å². The zero-order valence-corrected chi connectivity index (χ0v) is 16.4. The van der Waals surface area contributed by atoms with E-state index in [0.717, 1.165) is 12.1 Å². The van der Waals surface area contributed by atoms with Crippen molar-refractivity contribution in [3.05, 3.63) is 64.6 Å². The van der Waals surface area contributed by atoms with Crippen LogP contribution in [-0.2, 0) is 14.4 Å². The van der Waals surface area contributed by atoms with Crippen molar-refractivity contribution in [3.8, 4) is 5.75 Å². The summed E-state index contributed by atoms with van der Waals surface area (Å²) in [5.41, 5.74) is 0.0745. The summed E-state index contributed by atoms with van der Waals surface area (Å²) in [5.74, 6) is -4.41. The molecule has 0 bridgehead atoms. The Hall–Kier alpha value is -3.73. The minimum Gasteiger partial charge on any atom is -0.481 e. The van der Waals surface area contributed by atoms with Crippen molar-refractivity contribution in [1.82, 2.24) is 4.90 Å². The van der Waals surface area contributed by atoms with Crippen molar-refractivity contribution in [2.45, 2.75) is 0 Å². The number of thioether (sulfide) groups is 1. The van der Waals surface area contributed by atoms with Crippen molar-refractivity contribution in [2.24, 2.45) is 0 Å². The number of aliphatic carboxylic acids is 1. The molecule has 11 heteroatoms. The minimum absolute atomic E-state index is 0.00265. The number of ether oxygens (including phenoxy) is 1. The fraction of sp³-hybridized carbons (Fsp3) is 0.100. The molecule has 0 radical (unpaired) electrons. The smallest absolute Gasteiger partial charge is 0.341 e. The van der Waals surface area contributed by atoms with Gasteiger partial charge in [0.05, 0.1) is 10.6 Å². The maximum Gasteiger partial charge on any atom is 0.341 e. The number of imide groups is 1. The van der Waals surface area contributed by atoms with Crippen LogP contribution in [0.25, 0.3) is 6.08 Å². The number of halogens is 2. The number of carbonyl (C=O) groups is 4. The van der Waals surface area contributed by atoms with Gasteiger partial charge in [0.2, 0.25) is 5.91 Å². The third-order valence-corrected chi connectivity index (χ3v) is 4.84. The van der Waals surface area contributed by atoms with Gasteiger partial charge in [-0.15, -0.1) is 0 Å². The molecule has 0 aliphatic carbocycles. The highest BCUT2D eigenvalue weighted by Crippen LogP contribution is 2.34. The van der Waals surface area contributed by atoms with Gasteiger partial charge in [0.1, 0.15) is 23.9 Å². The zero-order valence-electron chi connectivity index (χ0n) is 15.6. The molecule has 0 aromatic heterocycles. The molecule has 1 saturated heterocycles. The first-order chi connectivity index (χ1) is 14.7. The van der Waals surface area contributed by atoms with Gasteiger partial charge in [-0.05, 0) is 36.0 Å². The molecule has 1 heterocycles. The van der Waals surface area contributed by atoms with E-state index in [0.29, 0.717) is 28.3 Å². The van der Waals surface area contributed by atoms with E-state index in [-0.39, 0.29) is 16.3 Å². The molecule has 0 atom stereocenters. The Morgan fingerprint density at radius 1 is 1.16 bits per heavy atom. The molecule has 0 saturated carbocycles. The Labute approximate surface area is 178 Å². The van der Waals surface area contributed by atoms with Gasteiger partial charge >= 0.3 is 5.97 Å². The van der Waals surface area contributed by atoms with Crippen LogP contribution < -0.4 is 10.1 Å². The van der Waals surface area contributed by atoms with Crippen LogP contribution in [0.15, 0.2) is 47.4 Å². The number of amides is 3. The fourth-order valence-electron chi connectivity index (χ4n) is 2.57. The van der Waals surface area contributed by atoms with Gasteiger partial charge in [-0.1, -0.05) is 18.2 Å². The second-order valence-corrected chi connectivity index (χ2v) is 7.15. The van der Waals surface area contributed by atoms with Gasteiger partial charge in [-0.2, -0.15) is 0 Å². The summed E-state index contributed by atoms with van der Waals surface area (Å²) in [6, 6.07) is 8.87. The number of hydrogen-bond acceptors (Lipinski definition) is 6. The largest absolute Gasteiger partial charge is 0.481 e. The van der Waals surface area contributed by atoms with Crippen LogP contribution in [0.3, 0.4) is 0 Å². The summed E-state index contributed by atoms with van der Waals surface area (Å²) in [4.78, 5) is 48.3. The quantitative estimate of drug-likeness (QED) is 0.626. The second kappa shape index (κ2) is 9.39. The summed E-state index contributed by atoms with van der Waals surface area (Å²) in [6.45, 7) is -1.26. The number of anilines is 1. The molecule has 2 N–H and O–H groups in total. The van der Waals surface area contributed by atoms with Gasteiger partial charge < -0.3 is 15.2 Å². The fourth-order valence-corrected chi connectivity index (χ4v) is 3.40. The molecule has 3 amide bonds. The van der Waals surface area contributed by atoms with Crippen molar-refractivity contribution in [2.75, 3.05) is 18.5 Å². The lowest BCUT2D eigenvalue weighted by molar-refractivity contribution is -0.139. The lowest BCUT2D eigenvalue weighted by Crippen LogP contribution is -2.36. The first-order valence-electron chi connectivity index (χ1n) is 8.68. The van der Waals surface area contributed by atoms with Gasteiger partial charge in [0.15, 0.2) is 6.61 Å². The van der Waals surface area contributed by atoms with E-state index in [1.165, 1.54) is 12.1 Å². The zero-order chi connectivity index (χ0) is 22.5. The highest BCUT2D eigenvalue weighted by atomic mass is 32.2. The second-order valence-electron chi connectivity index (χ2n) is 6.16. The third-order valence-electron chi connectivity index (χ3n) is 3.94. The maximum absolute atomic E-state index is 13.7. The van der Waals surface area contributed by atoms with Crippen LogP contribution in [0.2, 0.25) is 0 Å². The number of carbonyl (C=O) groups excluding carboxylic acids is 3. The standard InChI is InChI=1S/C20H14F2N2O6S/c21-12-5-6-14(13(22)8-12)23-17(25)9-24-19(28)16(31-20(24)29)7-11-3-1-2-4-15(11)30-10-18(26)27/h1-8H,9-10H2,(H,23,25)(H,26,27). The summed E-state index contributed by atoms with van der Waals surface area (Å²) < 4.78 is 31.8. The number of benzene rings is 2. The molecule has 2 aromatic rings. The topological polar surface area (TPSA) is 113 Å². The Kier molecular flexibility index (Phi) is 6.65. The molecular formula is C20H14F2N2O6S. The summed E-state index contributed by atoms with van der Waals surface area (Å²) >= 11 is 0.586. The van der Waals surface area contributed by atoms with E-state index in [2.05, 4.69) is 5.32 Å². The minimum atomic E-state index is -1.18. The number of hydrogen-bond donors (Lipinski definition) is 2. The van der Waals surface area contributed by atoms with E-state index in [9.17, 15) is 28.0 Å². The molecule has 8 nitrogen and oxygen atoms in total. The van der Waals surface area contributed by atoms with E-state index in [1.807, 2.05) is 0 Å². The van der Waals surface area contributed by atoms with Gasteiger partial charge in [0, 0.05) is 11.6 Å². The summed E-state index contributed by atoms with van der Waals surface area (Å²) in [5, 5.41) is 10.2. The number of carboxylic acids is 1. The molecule has 1 fully saturated rings. The molecule has 31 heavy (non-hydrogen) atoms. The average Bonchev–Trinajstić information content (AvgIpc) is 2.97. The third kappa shape index (κ3) is 5.45. The lowest BCUT2D eigenvalue weighted by atomic mass is 10.2. The summed E-state index contributed by atoms with van der Waals surface area (Å²) in [6.07, 6.45) is 1.35. The molecule has 2 aromatic carbocycles. The van der Waals surface area contributed by atoms with Gasteiger partial charge in [-0.3, -0.25) is 19.3 Å². The molecule has 0 spiro atoms. The number of carboxylic acid groups (broad SMARTS) is 1. The Morgan fingerprint density at radius 2 is 1.90 bits per heavy atom. The Morgan fingerprint density at radius 3 is 2.61 bits per heavy atom. The van der Waals surface area contributed by atoms with E-state index in [1.54, 1.807) is 18.2 Å². The Bertz CT molecular complexity index is 1100. The maximum atomic E-state index is 13.7. The molecule has 1 aliphatic heterocycles. The first kappa shape index (κ1) is 22.0. The van der Waals surface area contributed by atoms with Crippen LogP contribution in [0.4, 0.5) is 19.3 Å². The normalized spacial score (nSPS) is 14.8. The molecule has 0 unspecified atom stereocenters. The van der Waals surface area contributed by atoms with Crippen molar-refractivity contribution in [1.29, 1.82) is 0 Å². The van der Waals surface area contributed by atoms with Gasteiger partial charge in [0.25, 0.3) is 11.1 Å². The highest BCUT2D eigenvalue weighted by molar-refractivity contribution is 8.18. The molecule has 1 aliphatic rings. The monoisotopic (exact) mass is 448 g/mol. The van der Waals surface area contributed by atoms with Crippen molar-refractivity contribution >= 4 is 46.5 Å². The van der Waals surface area contributed by atoms with Crippen molar-refractivity contribution in [3.63, 3.8) is 0 Å². The number of nitrogens with zero attached hydrogens (tertiary/aromatic N) is 1. The number of nitrogens with one attached hydrogen (secondary N) is 1.